The van der Waals surface area contributed by atoms with Crippen molar-refractivity contribution in [3.63, 3.8) is 0 Å². The Morgan fingerprint density at radius 2 is 1.70 bits per heavy atom. The number of alkyl halides is 4. The fourth-order valence-electron chi connectivity index (χ4n) is 4.99. The zero-order valence-corrected chi connectivity index (χ0v) is 18.6. The van der Waals surface area contributed by atoms with Gasteiger partial charge in [-0.1, -0.05) is 38.7 Å². The minimum absolute atomic E-state index is 0.164. The summed E-state index contributed by atoms with van der Waals surface area (Å²) in [6, 6.07) is 1.09. The number of allylic oxidation sites excluding steroid dienone is 2. The molecule has 2 nitrogen and oxygen atoms in total. The minimum Gasteiger partial charge on any atom is -0.459 e. The van der Waals surface area contributed by atoms with Crippen LogP contribution < -0.4 is 9.47 Å². The fraction of sp³-hybridized carbons (Fsp3) is 0.600. The summed E-state index contributed by atoms with van der Waals surface area (Å²) < 4.78 is 90.8. The number of halogens is 6. The van der Waals surface area contributed by atoms with Crippen molar-refractivity contribution in [2.45, 2.75) is 77.2 Å². The van der Waals surface area contributed by atoms with Gasteiger partial charge < -0.3 is 9.47 Å². The quantitative estimate of drug-likeness (QED) is 0.202. The molecule has 0 amide bonds. The van der Waals surface area contributed by atoms with Gasteiger partial charge in [-0.15, -0.1) is 0 Å². The average Bonchev–Trinajstić information content (AvgIpc) is 2.76. The second-order valence-corrected chi connectivity index (χ2v) is 8.95. The Morgan fingerprint density at radius 3 is 2.24 bits per heavy atom. The maximum absolute atomic E-state index is 14.7. The van der Waals surface area contributed by atoms with Crippen molar-refractivity contribution in [2.24, 2.45) is 17.8 Å². The summed E-state index contributed by atoms with van der Waals surface area (Å²) in [7, 11) is 0. The molecule has 2 aliphatic carbocycles. The van der Waals surface area contributed by atoms with Crippen molar-refractivity contribution >= 4 is 0 Å². The molecule has 0 saturated heterocycles. The van der Waals surface area contributed by atoms with E-state index in [1.165, 1.54) is 31.8 Å². The molecule has 33 heavy (non-hydrogen) atoms. The highest BCUT2D eigenvalue weighted by molar-refractivity contribution is 5.36. The van der Waals surface area contributed by atoms with Gasteiger partial charge in [0, 0.05) is 23.8 Å². The molecule has 1 atom stereocenters. The monoisotopic (exact) mass is 476 g/mol. The second kappa shape index (κ2) is 11.3. The van der Waals surface area contributed by atoms with Crippen LogP contribution in [0.15, 0.2) is 36.1 Å². The fourth-order valence-corrected chi connectivity index (χ4v) is 4.99. The van der Waals surface area contributed by atoms with Crippen molar-refractivity contribution < 1.29 is 35.8 Å². The van der Waals surface area contributed by atoms with E-state index in [-0.39, 0.29) is 18.1 Å². The first-order chi connectivity index (χ1) is 15.7. The van der Waals surface area contributed by atoms with Crippen LogP contribution in [0.3, 0.4) is 0 Å². The third kappa shape index (κ3) is 6.93. The minimum atomic E-state index is -3.71. The molecule has 1 saturated carbocycles. The predicted octanol–water partition coefficient (Wildman–Crippen LogP) is 8.43. The van der Waals surface area contributed by atoms with Gasteiger partial charge in [0.2, 0.25) is 0 Å². The van der Waals surface area contributed by atoms with Gasteiger partial charge >= 0.3 is 6.11 Å². The Labute approximate surface area is 190 Å². The first kappa shape index (κ1) is 25.5. The van der Waals surface area contributed by atoms with E-state index in [1.807, 2.05) is 0 Å². The average molecular weight is 477 g/mol. The van der Waals surface area contributed by atoms with Gasteiger partial charge in [-0.3, -0.25) is 0 Å². The lowest BCUT2D eigenvalue weighted by atomic mass is 9.70. The lowest BCUT2D eigenvalue weighted by Gasteiger charge is -2.36. The third-order valence-electron chi connectivity index (χ3n) is 6.71. The van der Waals surface area contributed by atoms with Gasteiger partial charge in [-0.05, 0) is 49.9 Å². The van der Waals surface area contributed by atoms with E-state index in [2.05, 4.69) is 16.4 Å². The van der Waals surface area contributed by atoms with Gasteiger partial charge in [0.15, 0.2) is 17.4 Å². The largest absolute Gasteiger partial charge is 0.459 e. The molecular weight excluding hydrogens is 446 g/mol. The van der Waals surface area contributed by atoms with E-state index in [0.29, 0.717) is 43.1 Å². The number of ether oxygens (including phenoxy) is 2. The Hall–Kier alpha value is -2.12. The molecule has 0 aliphatic heterocycles. The smallest absolute Gasteiger partial charge is 0.422 e. The molecule has 3 rings (SSSR count). The van der Waals surface area contributed by atoms with Crippen LogP contribution in [0.4, 0.5) is 26.3 Å². The van der Waals surface area contributed by atoms with Crippen LogP contribution in [-0.4, -0.2) is 12.5 Å². The molecule has 0 aromatic heterocycles. The van der Waals surface area contributed by atoms with Crippen LogP contribution in [0.5, 0.6) is 11.5 Å². The summed E-state index contributed by atoms with van der Waals surface area (Å²) in [6.45, 7) is 2.20. The highest BCUT2D eigenvalue weighted by Crippen LogP contribution is 2.43. The summed E-state index contributed by atoms with van der Waals surface area (Å²) in [5.41, 5.74) is -0.195. The Morgan fingerprint density at radius 1 is 1.03 bits per heavy atom. The summed E-state index contributed by atoms with van der Waals surface area (Å²) >= 11 is 0. The summed E-state index contributed by atoms with van der Waals surface area (Å²) in [5.74, 6) is -2.64. The number of rotatable bonds is 9. The van der Waals surface area contributed by atoms with Crippen LogP contribution in [0.1, 0.15) is 64.7 Å². The van der Waals surface area contributed by atoms with Crippen LogP contribution in [0.25, 0.3) is 0 Å². The second-order valence-electron chi connectivity index (χ2n) is 8.95. The van der Waals surface area contributed by atoms with E-state index >= 15 is 0 Å². The first-order valence-corrected chi connectivity index (χ1v) is 11.6. The lowest BCUT2D eigenvalue weighted by Crippen LogP contribution is -2.31. The Bertz CT molecular complexity index is 820. The van der Waals surface area contributed by atoms with Crippen LogP contribution in [0, 0.1) is 29.4 Å². The normalized spacial score (nSPS) is 24.2. The maximum Gasteiger partial charge on any atom is 0.422 e. The van der Waals surface area contributed by atoms with Crippen molar-refractivity contribution in [3.8, 4) is 11.5 Å². The topological polar surface area (TPSA) is 18.5 Å². The van der Waals surface area contributed by atoms with Crippen LogP contribution >= 0.6 is 0 Å². The summed E-state index contributed by atoms with van der Waals surface area (Å²) in [5, 5.41) is 0. The van der Waals surface area contributed by atoms with Crippen LogP contribution in [-0.2, 0) is 0 Å². The molecule has 0 N–H and O–H groups in total. The van der Waals surface area contributed by atoms with E-state index in [1.54, 1.807) is 0 Å². The molecule has 184 valence electrons. The maximum atomic E-state index is 14.7. The highest BCUT2D eigenvalue weighted by Gasteiger charge is 2.40. The van der Waals surface area contributed by atoms with Gasteiger partial charge in [-0.25, -0.2) is 17.6 Å². The molecular formula is C25H30F6O2. The first-order valence-electron chi connectivity index (χ1n) is 11.6. The molecule has 1 unspecified atom stereocenters. The lowest BCUT2D eigenvalue weighted by molar-refractivity contribution is -0.145. The predicted molar refractivity (Wildman–Crippen MR) is 113 cm³/mol. The SMILES string of the molecule is CCCC1CCC(C2CC=C(C(F)(F)Oc3cc(F)c(OC=CC(F)F)c(F)c3)CC2)CC1. The molecule has 1 fully saturated rings. The molecule has 2 aliphatic rings. The van der Waals surface area contributed by atoms with Crippen molar-refractivity contribution in [1.29, 1.82) is 0 Å². The number of hydrogen-bond donors (Lipinski definition) is 0. The van der Waals surface area contributed by atoms with Gasteiger partial charge in [0.25, 0.3) is 6.43 Å². The standard InChI is InChI=1S/C25H30F6O2/c1-2-3-16-4-6-17(7-5-16)18-8-10-19(11-9-18)25(30,31)33-20-14-21(26)24(22(27)15-20)32-13-12-23(28)29/h10,12-18,23H,2-9,11H2,1H3. The zero-order valence-electron chi connectivity index (χ0n) is 18.6. The summed E-state index contributed by atoms with van der Waals surface area (Å²) in [4.78, 5) is 0. The summed E-state index contributed by atoms with van der Waals surface area (Å²) in [6.07, 6.45) is 4.15. The zero-order chi connectivity index (χ0) is 24.0. The Kier molecular flexibility index (Phi) is 8.76. The molecule has 1 aromatic rings. The number of benzene rings is 1. The van der Waals surface area contributed by atoms with E-state index in [9.17, 15) is 26.3 Å². The van der Waals surface area contributed by atoms with E-state index in [4.69, 9.17) is 0 Å². The van der Waals surface area contributed by atoms with Gasteiger partial charge in [-0.2, -0.15) is 8.78 Å². The van der Waals surface area contributed by atoms with E-state index in [0.717, 1.165) is 18.8 Å². The molecule has 0 spiro atoms. The molecule has 1 aromatic carbocycles. The highest BCUT2D eigenvalue weighted by atomic mass is 19.3. The molecule has 0 bridgehead atoms. The molecule has 8 heteroatoms. The molecule has 0 radical (unpaired) electrons. The van der Waals surface area contributed by atoms with Crippen molar-refractivity contribution in [1.82, 2.24) is 0 Å². The van der Waals surface area contributed by atoms with E-state index < -0.39 is 35.7 Å². The van der Waals surface area contributed by atoms with Crippen molar-refractivity contribution in [3.05, 3.63) is 47.8 Å². The van der Waals surface area contributed by atoms with Crippen LogP contribution in [0.2, 0.25) is 0 Å². The van der Waals surface area contributed by atoms with Gasteiger partial charge in [0.1, 0.15) is 5.75 Å². The molecule has 0 heterocycles. The number of hydrogen-bond acceptors (Lipinski definition) is 2. The Balaban J connectivity index is 1.59. The van der Waals surface area contributed by atoms with Gasteiger partial charge in [0.05, 0.1) is 6.26 Å². The van der Waals surface area contributed by atoms with Crippen molar-refractivity contribution in [2.75, 3.05) is 0 Å². The third-order valence-corrected chi connectivity index (χ3v) is 6.71.